The molecule has 0 unspecified atom stereocenters. The summed E-state index contributed by atoms with van der Waals surface area (Å²) in [7, 11) is 3.91. The zero-order chi connectivity index (χ0) is 24.3. The molecule has 6 heteroatoms. The predicted molar refractivity (Wildman–Crippen MR) is 139 cm³/mol. The highest BCUT2D eigenvalue weighted by Crippen LogP contribution is 2.14. The third-order valence-electron chi connectivity index (χ3n) is 4.88. The van der Waals surface area contributed by atoms with Crippen molar-refractivity contribution in [2.45, 2.75) is 6.92 Å². The zero-order valence-electron chi connectivity index (χ0n) is 19.5. The second-order valence-electron chi connectivity index (χ2n) is 7.86. The number of carbonyl (C=O) groups excluding carboxylic acids is 2. The standard InChI is InChI=1S/C28H28N4O2/c1-21(18-22-10-6-4-7-11-22)20-29-31-28(34)26(30-27(33)24-12-8-5-9-13-24)19-23-14-16-25(17-15-23)32(2)3/h4-20H,1-3H3,(H,30,33)(H,31,34)/b21-18+,26-19-,29-20?. The first-order chi connectivity index (χ1) is 16.4. The van der Waals surface area contributed by atoms with Gasteiger partial charge in [0.15, 0.2) is 0 Å². The predicted octanol–water partition coefficient (Wildman–Crippen LogP) is 4.73. The molecule has 6 nitrogen and oxygen atoms in total. The summed E-state index contributed by atoms with van der Waals surface area (Å²) in [6, 6.07) is 26.2. The molecule has 0 saturated carbocycles. The van der Waals surface area contributed by atoms with Crippen molar-refractivity contribution < 1.29 is 9.59 Å². The summed E-state index contributed by atoms with van der Waals surface area (Å²) < 4.78 is 0. The Bertz CT molecular complexity index is 1200. The third-order valence-corrected chi connectivity index (χ3v) is 4.88. The molecule has 0 bridgehead atoms. The molecule has 3 aromatic carbocycles. The van der Waals surface area contributed by atoms with Crippen LogP contribution in [0.15, 0.2) is 101 Å². The number of hydrogen-bond acceptors (Lipinski definition) is 4. The molecule has 2 N–H and O–H groups in total. The van der Waals surface area contributed by atoms with Crippen molar-refractivity contribution in [2.24, 2.45) is 5.10 Å². The van der Waals surface area contributed by atoms with Crippen molar-refractivity contribution in [3.63, 3.8) is 0 Å². The van der Waals surface area contributed by atoms with Crippen molar-refractivity contribution in [1.82, 2.24) is 10.7 Å². The molecule has 3 aromatic rings. The summed E-state index contributed by atoms with van der Waals surface area (Å²) in [5.41, 5.74) is 6.75. The summed E-state index contributed by atoms with van der Waals surface area (Å²) in [6.45, 7) is 1.89. The number of hydrazone groups is 1. The highest BCUT2D eigenvalue weighted by Gasteiger charge is 2.14. The lowest BCUT2D eigenvalue weighted by Crippen LogP contribution is -2.32. The van der Waals surface area contributed by atoms with E-state index in [1.165, 1.54) is 0 Å². The summed E-state index contributed by atoms with van der Waals surface area (Å²) in [5, 5.41) is 6.76. The highest BCUT2D eigenvalue weighted by atomic mass is 16.2. The van der Waals surface area contributed by atoms with E-state index >= 15 is 0 Å². The molecular formula is C28H28N4O2. The maximum atomic E-state index is 12.9. The Hall–Kier alpha value is -4.45. The number of allylic oxidation sites excluding steroid dienone is 1. The topological polar surface area (TPSA) is 73.8 Å². The molecule has 0 heterocycles. The van der Waals surface area contributed by atoms with E-state index in [-0.39, 0.29) is 11.6 Å². The number of carbonyl (C=O) groups is 2. The Labute approximate surface area is 200 Å². The van der Waals surface area contributed by atoms with Crippen molar-refractivity contribution in [3.05, 3.63) is 113 Å². The average molecular weight is 453 g/mol. The van der Waals surface area contributed by atoms with Crippen LogP contribution in [0.2, 0.25) is 0 Å². The lowest BCUT2D eigenvalue weighted by atomic mass is 10.1. The molecule has 0 spiro atoms. The lowest BCUT2D eigenvalue weighted by molar-refractivity contribution is -0.117. The van der Waals surface area contributed by atoms with Crippen LogP contribution in [-0.4, -0.2) is 32.1 Å². The van der Waals surface area contributed by atoms with Crippen LogP contribution in [0.1, 0.15) is 28.4 Å². The second kappa shape index (κ2) is 12.0. The minimum Gasteiger partial charge on any atom is -0.378 e. The monoisotopic (exact) mass is 452 g/mol. The number of hydrogen-bond donors (Lipinski definition) is 2. The number of benzene rings is 3. The van der Waals surface area contributed by atoms with Gasteiger partial charge in [0.25, 0.3) is 11.8 Å². The maximum absolute atomic E-state index is 12.9. The van der Waals surface area contributed by atoms with Crippen LogP contribution >= 0.6 is 0 Å². The summed E-state index contributed by atoms with van der Waals surface area (Å²) in [6.07, 6.45) is 5.14. The van der Waals surface area contributed by atoms with Gasteiger partial charge in [-0.15, -0.1) is 0 Å². The third kappa shape index (κ3) is 7.31. The molecule has 0 saturated heterocycles. The van der Waals surface area contributed by atoms with E-state index in [2.05, 4.69) is 15.8 Å². The van der Waals surface area contributed by atoms with Crippen molar-refractivity contribution >= 4 is 35.9 Å². The second-order valence-corrected chi connectivity index (χ2v) is 7.86. The van der Waals surface area contributed by atoms with Gasteiger partial charge in [0, 0.05) is 25.3 Å². The molecule has 3 rings (SSSR count). The Balaban J connectivity index is 1.78. The van der Waals surface area contributed by atoms with Crippen LogP contribution in [-0.2, 0) is 4.79 Å². The van der Waals surface area contributed by atoms with Crippen molar-refractivity contribution in [1.29, 1.82) is 0 Å². The molecule has 34 heavy (non-hydrogen) atoms. The van der Waals surface area contributed by atoms with Gasteiger partial charge in [0.2, 0.25) is 0 Å². The van der Waals surface area contributed by atoms with E-state index in [1.807, 2.05) is 92.7 Å². The number of anilines is 1. The van der Waals surface area contributed by atoms with Crippen molar-refractivity contribution in [2.75, 3.05) is 19.0 Å². The smallest absolute Gasteiger partial charge is 0.287 e. The SMILES string of the molecule is C/C(C=NNC(=O)/C(=C/c1ccc(N(C)C)cc1)NC(=O)c1ccccc1)=C\c1ccccc1. The van der Waals surface area contributed by atoms with E-state index < -0.39 is 5.91 Å². The van der Waals surface area contributed by atoms with Crippen LogP contribution in [0, 0.1) is 0 Å². The van der Waals surface area contributed by atoms with E-state index in [1.54, 1.807) is 36.6 Å². The average Bonchev–Trinajstić information content (AvgIpc) is 2.85. The van der Waals surface area contributed by atoms with Crippen molar-refractivity contribution in [3.8, 4) is 0 Å². The van der Waals surface area contributed by atoms with Gasteiger partial charge < -0.3 is 10.2 Å². The largest absolute Gasteiger partial charge is 0.378 e. The molecule has 0 atom stereocenters. The van der Waals surface area contributed by atoms with Gasteiger partial charge in [-0.25, -0.2) is 5.43 Å². The van der Waals surface area contributed by atoms with Gasteiger partial charge in [0.05, 0.1) is 6.21 Å². The van der Waals surface area contributed by atoms with E-state index in [0.717, 1.165) is 22.4 Å². The lowest BCUT2D eigenvalue weighted by Gasteiger charge is -2.12. The first-order valence-corrected chi connectivity index (χ1v) is 10.8. The highest BCUT2D eigenvalue weighted by molar-refractivity contribution is 6.05. The number of nitrogens with one attached hydrogen (secondary N) is 2. The van der Waals surface area contributed by atoms with Gasteiger partial charge in [-0.05, 0) is 54.0 Å². The molecule has 0 aliphatic rings. The van der Waals surface area contributed by atoms with E-state index in [0.29, 0.717) is 5.56 Å². The Morgan fingerprint density at radius 2 is 1.38 bits per heavy atom. The van der Waals surface area contributed by atoms with Crippen LogP contribution in [0.4, 0.5) is 5.69 Å². The maximum Gasteiger partial charge on any atom is 0.287 e. The molecular weight excluding hydrogens is 424 g/mol. The fourth-order valence-corrected chi connectivity index (χ4v) is 3.08. The first-order valence-electron chi connectivity index (χ1n) is 10.8. The minimum absolute atomic E-state index is 0.0910. The molecule has 172 valence electrons. The molecule has 0 aromatic heterocycles. The van der Waals surface area contributed by atoms with Gasteiger partial charge >= 0.3 is 0 Å². The summed E-state index contributed by atoms with van der Waals surface area (Å²) >= 11 is 0. The first kappa shape index (κ1) is 24.2. The molecule has 0 aliphatic heterocycles. The number of rotatable bonds is 8. The van der Waals surface area contributed by atoms with Crippen LogP contribution in [0.3, 0.4) is 0 Å². The Morgan fingerprint density at radius 3 is 2.00 bits per heavy atom. The van der Waals surface area contributed by atoms with E-state index in [9.17, 15) is 9.59 Å². The fraction of sp³-hybridized carbons (Fsp3) is 0.107. The Morgan fingerprint density at radius 1 is 0.794 bits per heavy atom. The molecule has 2 amide bonds. The minimum atomic E-state index is -0.523. The molecule has 0 aliphatic carbocycles. The molecule has 0 fully saturated rings. The fourth-order valence-electron chi connectivity index (χ4n) is 3.08. The zero-order valence-corrected chi connectivity index (χ0v) is 19.5. The quantitative estimate of drug-likeness (QED) is 0.295. The number of nitrogens with zero attached hydrogens (tertiary/aromatic N) is 2. The van der Waals surface area contributed by atoms with Gasteiger partial charge in [-0.1, -0.05) is 66.7 Å². The van der Waals surface area contributed by atoms with Gasteiger partial charge in [0.1, 0.15) is 5.70 Å². The van der Waals surface area contributed by atoms with Gasteiger partial charge in [-0.2, -0.15) is 5.10 Å². The number of amides is 2. The van der Waals surface area contributed by atoms with Gasteiger partial charge in [-0.3, -0.25) is 9.59 Å². The van der Waals surface area contributed by atoms with E-state index in [4.69, 9.17) is 0 Å². The Kier molecular flexibility index (Phi) is 8.52. The summed E-state index contributed by atoms with van der Waals surface area (Å²) in [4.78, 5) is 27.6. The molecule has 0 radical (unpaired) electrons. The van der Waals surface area contributed by atoms with Crippen LogP contribution in [0.25, 0.3) is 12.2 Å². The van der Waals surface area contributed by atoms with Crippen LogP contribution < -0.4 is 15.6 Å². The summed E-state index contributed by atoms with van der Waals surface area (Å²) in [5.74, 6) is -0.902. The van der Waals surface area contributed by atoms with Crippen LogP contribution in [0.5, 0.6) is 0 Å². The normalized spacial score (nSPS) is 11.9.